The Labute approximate surface area is 146 Å². The molecule has 2 heterocycles. The molecule has 2 saturated heterocycles. The van der Waals surface area contributed by atoms with Crippen molar-refractivity contribution in [2.75, 3.05) is 11.5 Å². The SMILES string of the molecule is C[C@H]1OC(=O)[C@@H]2C=C3CSCC[C@@]3(Cc3ccccc3)[C@H](C=O)[C@H]12. The molecule has 1 aromatic rings. The van der Waals surface area contributed by atoms with E-state index in [4.69, 9.17) is 4.74 Å². The fraction of sp³-hybridized carbons (Fsp3) is 0.500. The number of esters is 1. The standard InChI is InChI=1S/C20H22O3S/c1-13-18-16(19(22)23-13)9-15-12-24-8-7-20(15,17(18)11-21)10-14-5-3-2-4-6-14/h2-6,9,11,13,16-18H,7-8,10,12H2,1H3/t13-,16-,17-,18-,20+/m1/s1. The van der Waals surface area contributed by atoms with E-state index < -0.39 is 0 Å². The molecular weight excluding hydrogens is 320 g/mol. The normalized spacial score (nSPS) is 37.9. The van der Waals surface area contributed by atoms with Crippen molar-refractivity contribution in [3.05, 3.63) is 47.5 Å². The van der Waals surface area contributed by atoms with Crippen LogP contribution in [0.5, 0.6) is 0 Å². The van der Waals surface area contributed by atoms with E-state index in [1.165, 1.54) is 11.1 Å². The van der Waals surface area contributed by atoms with Gasteiger partial charge in [-0.15, -0.1) is 0 Å². The molecule has 0 aromatic heterocycles. The molecule has 1 aromatic carbocycles. The van der Waals surface area contributed by atoms with Gasteiger partial charge < -0.3 is 9.53 Å². The lowest BCUT2D eigenvalue weighted by molar-refractivity contribution is -0.142. The Morgan fingerprint density at radius 3 is 2.88 bits per heavy atom. The Hall–Kier alpha value is -1.55. The van der Waals surface area contributed by atoms with Gasteiger partial charge in [0.05, 0.1) is 5.92 Å². The van der Waals surface area contributed by atoms with E-state index in [0.717, 1.165) is 30.6 Å². The van der Waals surface area contributed by atoms with Crippen molar-refractivity contribution in [1.29, 1.82) is 0 Å². The summed E-state index contributed by atoms with van der Waals surface area (Å²) in [7, 11) is 0. The molecule has 3 aliphatic rings. The van der Waals surface area contributed by atoms with Gasteiger partial charge in [-0.1, -0.05) is 42.0 Å². The summed E-state index contributed by atoms with van der Waals surface area (Å²) < 4.78 is 5.49. The average Bonchev–Trinajstić information content (AvgIpc) is 2.87. The second kappa shape index (κ2) is 6.07. The van der Waals surface area contributed by atoms with Crippen LogP contribution in [0.15, 0.2) is 42.0 Å². The van der Waals surface area contributed by atoms with Crippen LogP contribution in [-0.4, -0.2) is 29.9 Å². The summed E-state index contributed by atoms with van der Waals surface area (Å²) in [4.78, 5) is 24.4. The lowest BCUT2D eigenvalue weighted by Crippen LogP contribution is -2.49. The fourth-order valence-electron chi connectivity index (χ4n) is 4.91. The van der Waals surface area contributed by atoms with E-state index in [9.17, 15) is 9.59 Å². The van der Waals surface area contributed by atoms with Crippen LogP contribution in [0.25, 0.3) is 0 Å². The minimum Gasteiger partial charge on any atom is -0.462 e. The lowest BCUT2D eigenvalue weighted by atomic mass is 9.55. The molecule has 0 radical (unpaired) electrons. The Kier molecular flexibility index (Phi) is 4.03. The zero-order valence-electron chi connectivity index (χ0n) is 13.8. The van der Waals surface area contributed by atoms with Gasteiger partial charge in [0.2, 0.25) is 0 Å². The molecule has 2 fully saturated rings. The number of hydrogen-bond donors (Lipinski definition) is 0. The maximum atomic E-state index is 12.2. The molecule has 1 aliphatic carbocycles. The van der Waals surface area contributed by atoms with Crippen LogP contribution in [0, 0.1) is 23.2 Å². The summed E-state index contributed by atoms with van der Waals surface area (Å²) in [6.45, 7) is 1.94. The highest BCUT2D eigenvalue weighted by molar-refractivity contribution is 7.99. The zero-order chi connectivity index (χ0) is 16.7. The summed E-state index contributed by atoms with van der Waals surface area (Å²) >= 11 is 1.90. The second-order valence-corrected chi connectivity index (χ2v) is 8.33. The number of aldehydes is 1. The molecule has 126 valence electrons. The molecule has 5 atom stereocenters. The third-order valence-electron chi connectivity index (χ3n) is 6.06. The Balaban J connectivity index is 1.81. The first-order valence-electron chi connectivity index (χ1n) is 8.64. The van der Waals surface area contributed by atoms with Crippen LogP contribution < -0.4 is 0 Å². The molecule has 0 N–H and O–H groups in total. The van der Waals surface area contributed by atoms with Gasteiger partial charge in [-0.05, 0) is 31.1 Å². The number of benzene rings is 1. The molecule has 2 aliphatic heterocycles. The first-order valence-corrected chi connectivity index (χ1v) is 9.80. The summed E-state index contributed by atoms with van der Waals surface area (Å²) in [6.07, 6.45) is 4.94. The van der Waals surface area contributed by atoms with Crippen molar-refractivity contribution in [3.63, 3.8) is 0 Å². The summed E-state index contributed by atoms with van der Waals surface area (Å²) in [5.74, 6) is 1.41. The Morgan fingerprint density at radius 1 is 1.33 bits per heavy atom. The van der Waals surface area contributed by atoms with E-state index >= 15 is 0 Å². The molecule has 0 amide bonds. The minimum atomic E-state index is -0.243. The first-order chi connectivity index (χ1) is 11.7. The van der Waals surface area contributed by atoms with Gasteiger partial charge in [-0.2, -0.15) is 11.8 Å². The number of carbonyl (C=O) groups is 2. The van der Waals surface area contributed by atoms with Crippen molar-refractivity contribution >= 4 is 24.0 Å². The van der Waals surface area contributed by atoms with Crippen LogP contribution in [0.2, 0.25) is 0 Å². The maximum Gasteiger partial charge on any atom is 0.313 e. The molecule has 0 spiro atoms. The van der Waals surface area contributed by atoms with Gasteiger partial charge in [0.1, 0.15) is 12.4 Å². The van der Waals surface area contributed by atoms with E-state index in [1.54, 1.807) is 0 Å². The van der Waals surface area contributed by atoms with Crippen molar-refractivity contribution in [2.45, 2.75) is 25.9 Å². The van der Waals surface area contributed by atoms with E-state index in [-0.39, 0.29) is 35.2 Å². The molecule has 4 heteroatoms. The number of rotatable bonds is 3. The summed E-state index contributed by atoms with van der Waals surface area (Å²) in [6, 6.07) is 10.4. The number of cyclic esters (lactones) is 1. The molecule has 0 saturated carbocycles. The summed E-state index contributed by atoms with van der Waals surface area (Å²) in [5.41, 5.74) is 2.39. The molecule has 3 nitrogen and oxygen atoms in total. The number of ether oxygens (including phenoxy) is 1. The van der Waals surface area contributed by atoms with Crippen LogP contribution >= 0.6 is 11.8 Å². The van der Waals surface area contributed by atoms with E-state index in [2.05, 4.69) is 30.3 Å². The predicted molar refractivity (Wildman–Crippen MR) is 94.7 cm³/mol. The number of hydrogen-bond acceptors (Lipinski definition) is 4. The molecule has 0 bridgehead atoms. The lowest BCUT2D eigenvalue weighted by Gasteiger charge is -2.49. The summed E-state index contributed by atoms with van der Waals surface area (Å²) in [5, 5.41) is 0. The topological polar surface area (TPSA) is 43.4 Å². The highest BCUT2D eigenvalue weighted by Crippen LogP contribution is 2.56. The van der Waals surface area contributed by atoms with Gasteiger partial charge in [0.15, 0.2) is 0 Å². The predicted octanol–water partition coefficient (Wildman–Crippen LogP) is 3.29. The second-order valence-electron chi connectivity index (χ2n) is 7.22. The van der Waals surface area contributed by atoms with Crippen LogP contribution in [0.3, 0.4) is 0 Å². The van der Waals surface area contributed by atoms with E-state index in [0.29, 0.717) is 0 Å². The number of thioether (sulfide) groups is 1. The highest BCUT2D eigenvalue weighted by Gasteiger charge is 2.57. The zero-order valence-corrected chi connectivity index (χ0v) is 14.6. The average molecular weight is 342 g/mol. The van der Waals surface area contributed by atoms with Crippen LogP contribution in [0.1, 0.15) is 18.9 Å². The Morgan fingerprint density at radius 2 is 2.12 bits per heavy atom. The Bertz CT molecular complexity index is 683. The minimum absolute atomic E-state index is 0.0226. The largest absolute Gasteiger partial charge is 0.462 e. The van der Waals surface area contributed by atoms with Gasteiger partial charge in [0, 0.05) is 23.0 Å². The van der Waals surface area contributed by atoms with Gasteiger partial charge in [-0.3, -0.25) is 4.79 Å². The number of fused-ring (bicyclic) bond motifs is 2. The smallest absolute Gasteiger partial charge is 0.313 e. The third-order valence-corrected chi connectivity index (χ3v) is 7.07. The van der Waals surface area contributed by atoms with Crippen molar-refractivity contribution < 1.29 is 14.3 Å². The van der Waals surface area contributed by atoms with E-state index in [1.807, 2.05) is 24.8 Å². The molecule has 4 rings (SSSR count). The highest BCUT2D eigenvalue weighted by atomic mass is 32.2. The molecule has 24 heavy (non-hydrogen) atoms. The number of carbonyl (C=O) groups excluding carboxylic acids is 2. The quantitative estimate of drug-likeness (QED) is 0.480. The monoisotopic (exact) mass is 342 g/mol. The van der Waals surface area contributed by atoms with Gasteiger partial charge >= 0.3 is 5.97 Å². The fourth-order valence-corrected chi connectivity index (χ4v) is 6.16. The molecular formula is C20H22O3S. The third kappa shape index (κ3) is 2.34. The van der Waals surface area contributed by atoms with Crippen molar-refractivity contribution in [2.24, 2.45) is 23.2 Å². The van der Waals surface area contributed by atoms with Gasteiger partial charge in [-0.25, -0.2) is 0 Å². The maximum absolute atomic E-state index is 12.2. The van der Waals surface area contributed by atoms with Gasteiger partial charge in [0.25, 0.3) is 0 Å². The molecule has 0 unspecified atom stereocenters. The van der Waals surface area contributed by atoms with Crippen molar-refractivity contribution in [1.82, 2.24) is 0 Å². The van der Waals surface area contributed by atoms with Crippen LogP contribution in [-0.2, 0) is 20.7 Å². The van der Waals surface area contributed by atoms with Crippen LogP contribution in [0.4, 0.5) is 0 Å². The first kappa shape index (κ1) is 15.9. The van der Waals surface area contributed by atoms with Crippen molar-refractivity contribution in [3.8, 4) is 0 Å².